The molecule has 1 aromatic carbocycles. The topological polar surface area (TPSA) is 43.4 Å². The first-order valence-corrected chi connectivity index (χ1v) is 4.79. The van der Waals surface area contributed by atoms with Crippen LogP contribution in [-0.4, -0.2) is 35.5 Å². The molecule has 1 aromatic rings. The van der Waals surface area contributed by atoms with Gasteiger partial charge in [0.25, 0.3) is 8.03 Å². The zero-order valence-corrected chi connectivity index (χ0v) is 7.61. The molecule has 0 aliphatic heterocycles. The van der Waals surface area contributed by atoms with Gasteiger partial charge in [0.2, 0.25) is 0 Å². The van der Waals surface area contributed by atoms with Crippen molar-refractivity contribution in [3.05, 3.63) is 30.3 Å². The molecule has 0 radical (unpaired) electrons. The summed E-state index contributed by atoms with van der Waals surface area (Å²) in [4.78, 5) is 10.4. The van der Waals surface area contributed by atoms with Crippen molar-refractivity contribution in [1.29, 1.82) is 0 Å². The molecule has 3 nitrogen and oxygen atoms in total. The summed E-state index contributed by atoms with van der Waals surface area (Å²) < 4.78 is 15.7. The third kappa shape index (κ3) is 4.63. The van der Waals surface area contributed by atoms with Gasteiger partial charge in [0.1, 0.15) is 0 Å². The summed E-state index contributed by atoms with van der Waals surface area (Å²) in [6.45, 7) is 1.24. The molecule has 0 N–H and O–H groups in total. The van der Waals surface area contributed by atoms with Crippen LogP contribution in [0.25, 0.3) is 0 Å². The van der Waals surface area contributed by atoms with Crippen LogP contribution in [-0.2, 0) is 13.9 Å². The van der Waals surface area contributed by atoms with Gasteiger partial charge in [-0.1, -0.05) is 18.2 Å². The molecule has 1 unspecified atom stereocenters. The van der Waals surface area contributed by atoms with Crippen molar-refractivity contribution in [1.82, 2.24) is 0 Å². The van der Waals surface area contributed by atoms with Gasteiger partial charge in [-0.25, -0.2) is 0 Å². The van der Waals surface area contributed by atoms with Crippen LogP contribution in [0.1, 0.15) is 6.92 Å². The van der Waals surface area contributed by atoms with Crippen LogP contribution < -0.4 is 5.30 Å². The average molecular weight is 208 g/mol. The maximum absolute atomic E-state index is 11.2. The predicted molar refractivity (Wildman–Crippen MR) is 54.0 cm³/mol. The third-order valence-electron chi connectivity index (χ3n) is 1.25. The van der Waals surface area contributed by atoms with Crippen LogP contribution >= 0.6 is 8.03 Å². The van der Waals surface area contributed by atoms with Crippen molar-refractivity contribution in [2.45, 2.75) is 6.92 Å². The second-order valence-electron chi connectivity index (χ2n) is 2.25. The minimum atomic E-state index is -2.37. The van der Waals surface area contributed by atoms with Crippen molar-refractivity contribution < 1.29 is 13.9 Å². The first-order valence-electron chi connectivity index (χ1n) is 3.48. The Labute approximate surface area is 99.6 Å². The molecule has 5 heteroatoms. The number of carbonyl (C=O) groups excluding carboxylic acids is 1. The Morgan fingerprint density at radius 1 is 1.31 bits per heavy atom. The molecule has 0 aromatic heterocycles. The zero-order valence-electron chi connectivity index (χ0n) is 6.61. The van der Waals surface area contributed by atoms with E-state index in [0.717, 1.165) is 0 Å². The molecule has 1 rings (SSSR count). The van der Waals surface area contributed by atoms with E-state index >= 15 is 0 Å². The number of hydrogen-bond acceptors (Lipinski definition) is 3. The molecule has 13 heavy (non-hydrogen) atoms. The fraction of sp³-hybridized carbons (Fsp3) is 0.125. The van der Waals surface area contributed by atoms with Gasteiger partial charge in [0.15, 0.2) is 0 Å². The molecule has 0 spiro atoms. The summed E-state index contributed by atoms with van der Waals surface area (Å²) >= 11 is 0. The van der Waals surface area contributed by atoms with E-state index in [2.05, 4.69) is 4.52 Å². The van der Waals surface area contributed by atoms with Crippen molar-refractivity contribution in [3.63, 3.8) is 0 Å². The standard InChI is InChI=1S/C8H9O3P.Na.H/c1-7(9)11-12(10)8-5-3-2-4-6-8;;/h2-6,12H,1H3;;. The zero-order chi connectivity index (χ0) is 8.97. The summed E-state index contributed by atoms with van der Waals surface area (Å²) in [5, 5.41) is 0.567. The second kappa shape index (κ2) is 6.39. The van der Waals surface area contributed by atoms with Crippen LogP contribution in [0.3, 0.4) is 0 Å². The van der Waals surface area contributed by atoms with Crippen molar-refractivity contribution in [2.75, 3.05) is 0 Å². The quantitative estimate of drug-likeness (QED) is 0.530. The molecule has 0 aliphatic rings. The van der Waals surface area contributed by atoms with E-state index < -0.39 is 14.0 Å². The Morgan fingerprint density at radius 3 is 2.31 bits per heavy atom. The Balaban J connectivity index is 0.00000144. The summed E-state index contributed by atoms with van der Waals surface area (Å²) in [6.07, 6.45) is 0. The number of rotatable bonds is 2. The fourth-order valence-electron chi connectivity index (χ4n) is 0.764. The van der Waals surface area contributed by atoms with E-state index in [0.29, 0.717) is 5.30 Å². The Morgan fingerprint density at radius 2 is 1.85 bits per heavy atom. The second-order valence-corrected chi connectivity index (χ2v) is 3.60. The molecule has 0 amide bonds. The number of carbonyl (C=O) groups is 1. The normalized spacial score (nSPS) is 11.2. The van der Waals surface area contributed by atoms with Gasteiger partial charge in [-0.3, -0.25) is 9.36 Å². The predicted octanol–water partition coefficient (Wildman–Crippen LogP) is 0.701. The van der Waals surface area contributed by atoms with Crippen LogP contribution in [0, 0.1) is 0 Å². The third-order valence-corrected chi connectivity index (χ3v) is 2.52. The summed E-state index contributed by atoms with van der Waals surface area (Å²) in [6, 6.07) is 8.66. The molecule has 66 valence electrons. The Bertz CT molecular complexity index is 300. The molecule has 0 saturated heterocycles. The van der Waals surface area contributed by atoms with Gasteiger partial charge in [0.05, 0.1) is 0 Å². The SMILES string of the molecule is CC(=O)O[PH](=O)c1ccccc1.[NaH]. The summed E-state index contributed by atoms with van der Waals surface area (Å²) in [5.41, 5.74) is 0. The monoisotopic (exact) mass is 208 g/mol. The molecule has 0 saturated carbocycles. The first kappa shape index (κ1) is 12.9. The van der Waals surface area contributed by atoms with E-state index in [9.17, 15) is 9.36 Å². The summed E-state index contributed by atoms with van der Waals surface area (Å²) in [5.74, 6) is -0.511. The van der Waals surface area contributed by atoms with Crippen LogP contribution in [0.4, 0.5) is 0 Å². The Hall–Kier alpha value is -0.0800. The van der Waals surface area contributed by atoms with Gasteiger partial charge in [-0.05, 0) is 12.1 Å². The van der Waals surface area contributed by atoms with E-state index in [1.165, 1.54) is 6.92 Å². The van der Waals surface area contributed by atoms with Gasteiger partial charge < -0.3 is 4.52 Å². The Kier molecular flexibility index (Phi) is 6.35. The molecule has 0 aliphatic carbocycles. The van der Waals surface area contributed by atoms with Crippen molar-refractivity contribution >= 4 is 48.9 Å². The maximum atomic E-state index is 11.2. The molecule has 1 atom stereocenters. The minimum absolute atomic E-state index is 0. The van der Waals surface area contributed by atoms with Crippen molar-refractivity contribution in [2.24, 2.45) is 0 Å². The van der Waals surface area contributed by atoms with E-state index in [-0.39, 0.29) is 29.6 Å². The summed E-state index contributed by atoms with van der Waals surface area (Å²) in [7, 11) is -2.37. The molecule has 0 bridgehead atoms. The number of hydrogen-bond donors (Lipinski definition) is 0. The van der Waals surface area contributed by atoms with E-state index in [4.69, 9.17) is 0 Å². The van der Waals surface area contributed by atoms with Gasteiger partial charge in [-0.15, -0.1) is 0 Å². The molecule has 0 heterocycles. The molecular weight excluding hydrogens is 198 g/mol. The van der Waals surface area contributed by atoms with E-state index in [1.54, 1.807) is 24.3 Å². The van der Waals surface area contributed by atoms with Gasteiger partial charge in [0, 0.05) is 12.2 Å². The first-order chi connectivity index (χ1) is 5.70. The fourth-order valence-corrected chi connectivity index (χ4v) is 1.61. The van der Waals surface area contributed by atoms with Crippen LogP contribution in [0.2, 0.25) is 0 Å². The van der Waals surface area contributed by atoms with Crippen LogP contribution in [0.15, 0.2) is 30.3 Å². The number of benzene rings is 1. The average Bonchev–Trinajstić information content (AvgIpc) is 2.05. The molecular formula is C8H10NaO3P. The van der Waals surface area contributed by atoms with Crippen molar-refractivity contribution in [3.8, 4) is 0 Å². The van der Waals surface area contributed by atoms with Crippen LogP contribution in [0.5, 0.6) is 0 Å². The van der Waals surface area contributed by atoms with Gasteiger partial charge >= 0.3 is 35.5 Å². The molecule has 0 fully saturated rings. The van der Waals surface area contributed by atoms with Gasteiger partial charge in [-0.2, -0.15) is 0 Å². The van der Waals surface area contributed by atoms with E-state index in [1.807, 2.05) is 6.07 Å².